The van der Waals surface area contributed by atoms with Gasteiger partial charge in [0.15, 0.2) is 0 Å². The lowest BCUT2D eigenvalue weighted by atomic mass is 9.91. The molecule has 4 rings (SSSR count). The molecular weight excluding hydrogens is 496 g/mol. The molecule has 0 radical (unpaired) electrons. The predicted octanol–water partition coefficient (Wildman–Crippen LogP) is 4.31. The van der Waals surface area contributed by atoms with Crippen LogP contribution in [0.1, 0.15) is 51.2 Å². The van der Waals surface area contributed by atoms with Crippen LogP contribution in [0.3, 0.4) is 0 Å². The van der Waals surface area contributed by atoms with Crippen LogP contribution in [0.4, 0.5) is 4.79 Å². The second-order valence-electron chi connectivity index (χ2n) is 11.3. The fourth-order valence-electron chi connectivity index (χ4n) is 5.30. The molecule has 0 bridgehead atoms. The van der Waals surface area contributed by atoms with Crippen molar-refractivity contribution in [3.8, 4) is 0 Å². The molecule has 1 saturated heterocycles. The minimum absolute atomic E-state index is 0.0216. The SMILES string of the molecule is C/C(=C\c1cc(C)cc2[nH]ncc12)[C@H]1OC(=O)C[C@H](O)CC[C@H](C)[C@@H](OC(=O)N2CCN(C)CC2)/C=C/[C@@H]1C. The van der Waals surface area contributed by atoms with Crippen molar-refractivity contribution < 1.29 is 24.2 Å². The molecule has 2 aliphatic rings. The van der Waals surface area contributed by atoms with Gasteiger partial charge >= 0.3 is 12.1 Å². The molecular formula is C30H42N4O5. The Labute approximate surface area is 230 Å². The largest absolute Gasteiger partial charge is 0.457 e. The molecule has 0 unspecified atom stereocenters. The normalized spacial score (nSPS) is 28.9. The maximum atomic E-state index is 13.0. The second kappa shape index (κ2) is 12.8. The number of rotatable bonds is 3. The van der Waals surface area contributed by atoms with E-state index in [0.29, 0.717) is 25.9 Å². The number of aromatic nitrogens is 2. The van der Waals surface area contributed by atoms with Gasteiger partial charge in [-0.1, -0.05) is 32.1 Å². The molecule has 1 aromatic carbocycles. The summed E-state index contributed by atoms with van der Waals surface area (Å²) in [5.41, 5.74) is 3.90. The van der Waals surface area contributed by atoms with E-state index in [0.717, 1.165) is 40.7 Å². The second-order valence-corrected chi connectivity index (χ2v) is 11.3. The Morgan fingerprint density at radius 1 is 1.18 bits per heavy atom. The van der Waals surface area contributed by atoms with E-state index in [-0.39, 0.29) is 24.3 Å². The smallest absolute Gasteiger partial charge is 0.410 e. The van der Waals surface area contributed by atoms with Crippen LogP contribution in [0.5, 0.6) is 0 Å². The molecule has 0 spiro atoms. The highest BCUT2D eigenvalue weighted by molar-refractivity contribution is 5.88. The first-order valence-electron chi connectivity index (χ1n) is 13.9. The molecule has 9 heteroatoms. The average molecular weight is 539 g/mol. The third-order valence-corrected chi connectivity index (χ3v) is 7.82. The van der Waals surface area contributed by atoms with Gasteiger partial charge in [0.25, 0.3) is 0 Å². The number of carbonyl (C=O) groups is 2. The fraction of sp³-hybridized carbons (Fsp3) is 0.567. The summed E-state index contributed by atoms with van der Waals surface area (Å²) in [6.45, 7) is 10.9. The Balaban J connectivity index is 1.59. The lowest BCUT2D eigenvalue weighted by Gasteiger charge is -2.33. The van der Waals surface area contributed by atoms with Crippen LogP contribution in [0.2, 0.25) is 0 Å². The molecule has 2 aromatic rings. The van der Waals surface area contributed by atoms with E-state index in [2.05, 4.69) is 21.2 Å². The van der Waals surface area contributed by atoms with Crippen LogP contribution in [0.15, 0.2) is 36.1 Å². The van der Waals surface area contributed by atoms with Crippen molar-refractivity contribution in [1.82, 2.24) is 20.0 Å². The molecule has 5 atom stereocenters. The van der Waals surface area contributed by atoms with E-state index in [1.54, 1.807) is 11.1 Å². The number of amides is 1. The van der Waals surface area contributed by atoms with Gasteiger partial charge in [0.05, 0.1) is 24.2 Å². The number of fused-ring (bicyclic) bond motifs is 1. The Kier molecular flexibility index (Phi) is 9.45. The van der Waals surface area contributed by atoms with Crippen molar-refractivity contribution in [1.29, 1.82) is 0 Å². The number of carbonyl (C=O) groups excluding carboxylic acids is 2. The van der Waals surface area contributed by atoms with Gasteiger partial charge in [0.2, 0.25) is 0 Å². The highest BCUT2D eigenvalue weighted by Crippen LogP contribution is 2.28. The Morgan fingerprint density at radius 2 is 1.92 bits per heavy atom. The highest BCUT2D eigenvalue weighted by atomic mass is 16.6. The zero-order valence-corrected chi connectivity index (χ0v) is 23.7. The van der Waals surface area contributed by atoms with Crippen molar-refractivity contribution in [2.75, 3.05) is 33.2 Å². The van der Waals surface area contributed by atoms with E-state index in [4.69, 9.17) is 9.47 Å². The minimum atomic E-state index is -0.820. The standard InChI is InChI=1S/C30H42N4O5/c1-19-14-23(25-18-31-32-26(25)15-19)16-22(4)29-21(3)7-9-27(20(2)6-8-24(35)17-28(36)39-29)38-30(37)34-12-10-33(5)11-13-34/h7,9,14-16,18,20-21,24,27,29,35H,6,8,10-13,17H2,1-5H3,(H,31,32)/b9-7+,22-16+/t20-,21-,24+,27-,29-/m0/s1. The van der Waals surface area contributed by atoms with E-state index < -0.39 is 24.3 Å². The molecule has 2 aliphatic heterocycles. The summed E-state index contributed by atoms with van der Waals surface area (Å²) in [5.74, 6) is -0.639. The summed E-state index contributed by atoms with van der Waals surface area (Å²) in [7, 11) is 2.05. The molecule has 3 heterocycles. The lowest BCUT2D eigenvalue weighted by molar-refractivity contribution is -0.151. The number of aliphatic hydroxyl groups is 1. The maximum Gasteiger partial charge on any atom is 0.410 e. The van der Waals surface area contributed by atoms with E-state index in [1.807, 2.05) is 59.0 Å². The number of hydrogen-bond acceptors (Lipinski definition) is 7. The topological polar surface area (TPSA) is 108 Å². The first-order valence-corrected chi connectivity index (χ1v) is 13.9. The summed E-state index contributed by atoms with van der Waals surface area (Å²) < 4.78 is 11.9. The average Bonchev–Trinajstić information content (AvgIpc) is 3.36. The van der Waals surface area contributed by atoms with Gasteiger partial charge < -0.3 is 24.4 Å². The number of ether oxygens (including phenoxy) is 2. The third-order valence-electron chi connectivity index (χ3n) is 7.82. The number of piperazine rings is 1. The molecule has 39 heavy (non-hydrogen) atoms. The van der Waals surface area contributed by atoms with Crippen molar-refractivity contribution in [2.45, 2.75) is 65.3 Å². The minimum Gasteiger partial charge on any atom is -0.457 e. The zero-order valence-electron chi connectivity index (χ0n) is 23.7. The number of esters is 1. The molecule has 0 saturated carbocycles. The van der Waals surface area contributed by atoms with Gasteiger partial charge in [-0.25, -0.2) is 4.79 Å². The van der Waals surface area contributed by atoms with E-state index in [9.17, 15) is 14.7 Å². The van der Waals surface area contributed by atoms with Gasteiger partial charge in [-0.05, 0) is 68.5 Å². The van der Waals surface area contributed by atoms with Crippen LogP contribution >= 0.6 is 0 Å². The fourth-order valence-corrected chi connectivity index (χ4v) is 5.30. The predicted molar refractivity (Wildman–Crippen MR) is 151 cm³/mol. The monoisotopic (exact) mass is 538 g/mol. The number of cyclic esters (lactones) is 1. The highest BCUT2D eigenvalue weighted by Gasteiger charge is 2.29. The van der Waals surface area contributed by atoms with Gasteiger partial charge in [-0.15, -0.1) is 0 Å². The summed E-state index contributed by atoms with van der Waals surface area (Å²) >= 11 is 0. The summed E-state index contributed by atoms with van der Waals surface area (Å²) in [5, 5.41) is 18.8. The lowest BCUT2D eigenvalue weighted by Crippen LogP contribution is -2.48. The Morgan fingerprint density at radius 3 is 2.67 bits per heavy atom. The van der Waals surface area contributed by atoms with E-state index in [1.165, 1.54) is 0 Å². The van der Waals surface area contributed by atoms with Gasteiger partial charge in [-0.2, -0.15) is 5.10 Å². The molecule has 1 aromatic heterocycles. The van der Waals surface area contributed by atoms with Crippen LogP contribution in [-0.4, -0.2) is 88.7 Å². The summed E-state index contributed by atoms with van der Waals surface area (Å²) in [4.78, 5) is 29.7. The number of hydrogen-bond donors (Lipinski definition) is 2. The van der Waals surface area contributed by atoms with E-state index >= 15 is 0 Å². The number of nitrogens with zero attached hydrogens (tertiary/aromatic N) is 3. The van der Waals surface area contributed by atoms with Gasteiger partial charge in [0, 0.05) is 37.5 Å². The number of benzene rings is 1. The first-order chi connectivity index (χ1) is 18.6. The number of likely N-dealkylation sites (N-methyl/N-ethyl adjacent to an activating group) is 1. The van der Waals surface area contributed by atoms with Crippen LogP contribution < -0.4 is 0 Å². The maximum absolute atomic E-state index is 13.0. The summed E-state index contributed by atoms with van der Waals surface area (Å²) in [6, 6.07) is 4.13. The molecule has 1 amide bonds. The van der Waals surface area contributed by atoms with Gasteiger partial charge in [0.1, 0.15) is 12.2 Å². The molecule has 9 nitrogen and oxygen atoms in total. The van der Waals surface area contributed by atoms with Crippen LogP contribution in [0.25, 0.3) is 17.0 Å². The molecule has 1 fully saturated rings. The molecule has 212 valence electrons. The van der Waals surface area contributed by atoms with Crippen LogP contribution in [-0.2, 0) is 14.3 Å². The number of H-pyrrole nitrogens is 1. The molecule has 0 aliphatic carbocycles. The van der Waals surface area contributed by atoms with Crippen LogP contribution in [0, 0.1) is 18.8 Å². The number of aryl methyl sites for hydroxylation is 1. The Bertz CT molecular complexity index is 1210. The van der Waals surface area contributed by atoms with Crippen molar-refractivity contribution in [3.05, 3.63) is 47.2 Å². The van der Waals surface area contributed by atoms with Crippen molar-refractivity contribution in [2.24, 2.45) is 11.8 Å². The third kappa shape index (κ3) is 7.48. The summed E-state index contributed by atoms with van der Waals surface area (Å²) in [6.07, 6.45) is 6.56. The van der Waals surface area contributed by atoms with Crippen molar-refractivity contribution >= 4 is 29.0 Å². The Hall–Kier alpha value is -3.17. The van der Waals surface area contributed by atoms with Gasteiger partial charge in [-0.3, -0.25) is 9.89 Å². The first kappa shape index (κ1) is 28.8. The quantitative estimate of drug-likeness (QED) is 0.443. The zero-order chi connectivity index (χ0) is 28.1. The number of nitrogens with one attached hydrogen (secondary N) is 1. The van der Waals surface area contributed by atoms with Crippen molar-refractivity contribution in [3.63, 3.8) is 0 Å². The number of aromatic amines is 1. The molecule has 2 N–H and O–H groups in total. The number of aliphatic hydroxyl groups excluding tert-OH is 1.